The summed E-state index contributed by atoms with van der Waals surface area (Å²) < 4.78 is 38.2. The van der Waals surface area contributed by atoms with Crippen molar-refractivity contribution in [2.45, 2.75) is 38.9 Å². The average Bonchev–Trinajstić information content (AvgIpc) is 2.15. The number of rotatable bonds is 4. The normalized spacial score (nSPS) is 14.1. The number of benzene rings is 1. The molecule has 0 bridgehead atoms. The van der Waals surface area contributed by atoms with Crippen LogP contribution in [0.2, 0.25) is 0 Å². The van der Waals surface area contributed by atoms with Gasteiger partial charge in [0.15, 0.2) is 0 Å². The Kier molecular flexibility index (Phi) is 4.57. The number of hydrogen-bond acceptors (Lipinski definition) is 1. The molecule has 0 radical (unpaired) electrons. The monoisotopic (exact) mass is 245 g/mol. The topological polar surface area (TPSA) is 26.0 Å². The molecule has 4 heteroatoms. The van der Waals surface area contributed by atoms with Crippen molar-refractivity contribution in [2.75, 3.05) is 0 Å². The molecule has 96 valence electrons. The maximum atomic E-state index is 12.7. The van der Waals surface area contributed by atoms with E-state index in [1.54, 1.807) is 6.07 Å². The number of halogens is 3. The van der Waals surface area contributed by atoms with Crippen LogP contribution in [0.25, 0.3) is 0 Å². The summed E-state index contributed by atoms with van der Waals surface area (Å²) in [5.74, 6) is 0.392. The third-order valence-electron chi connectivity index (χ3n) is 2.58. The minimum atomic E-state index is -4.30. The minimum Gasteiger partial charge on any atom is -0.327 e. The van der Waals surface area contributed by atoms with Crippen LogP contribution in [0, 0.1) is 5.92 Å². The first kappa shape index (κ1) is 14.0. The molecule has 1 aromatic carbocycles. The quantitative estimate of drug-likeness (QED) is 0.861. The fourth-order valence-electron chi connectivity index (χ4n) is 1.95. The highest BCUT2D eigenvalue weighted by molar-refractivity contribution is 5.30. The SMILES string of the molecule is CC(C)CC(N)Cc1ccccc1C(F)(F)F. The standard InChI is InChI=1S/C13H18F3N/c1-9(2)7-11(17)8-10-5-3-4-6-12(10)13(14,15)16/h3-6,9,11H,7-8,17H2,1-2H3. The van der Waals surface area contributed by atoms with E-state index in [4.69, 9.17) is 5.73 Å². The maximum absolute atomic E-state index is 12.7. The Hall–Kier alpha value is -1.03. The van der Waals surface area contributed by atoms with Gasteiger partial charge < -0.3 is 5.73 Å². The van der Waals surface area contributed by atoms with E-state index >= 15 is 0 Å². The van der Waals surface area contributed by atoms with Gasteiger partial charge in [0, 0.05) is 6.04 Å². The molecule has 0 aromatic heterocycles. The van der Waals surface area contributed by atoms with Crippen molar-refractivity contribution in [3.05, 3.63) is 35.4 Å². The van der Waals surface area contributed by atoms with E-state index in [0.717, 1.165) is 12.5 Å². The summed E-state index contributed by atoms with van der Waals surface area (Å²) >= 11 is 0. The molecule has 1 unspecified atom stereocenters. The largest absolute Gasteiger partial charge is 0.416 e. The van der Waals surface area contributed by atoms with Gasteiger partial charge in [0.25, 0.3) is 0 Å². The summed E-state index contributed by atoms with van der Waals surface area (Å²) in [7, 11) is 0. The molecule has 0 fully saturated rings. The first-order chi connectivity index (χ1) is 7.80. The van der Waals surface area contributed by atoms with E-state index in [0.29, 0.717) is 5.92 Å². The van der Waals surface area contributed by atoms with Crippen LogP contribution in [-0.4, -0.2) is 6.04 Å². The Bertz CT molecular complexity index is 358. The predicted octanol–water partition coefficient (Wildman–Crippen LogP) is 3.62. The summed E-state index contributed by atoms with van der Waals surface area (Å²) in [6, 6.07) is 5.41. The van der Waals surface area contributed by atoms with Gasteiger partial charge in [-0.1, -0.05) is 32.0 Å². The van der Waals surface area contributed by atoms with Crippen LogP contribution >= 0.6 is 0 Å². The maximum Gasteiger partial charge on any atom is 0.416 e. The van der Waals surface area contributed by atoms with Crippen molar-refractivity contribution >= 4 is 0 Å². The molecular weight excluding hydrogens is 227 g/mol. The molecule has 2 N–H and O–H groups in total. The smallest absolute Gasteiger partial charge is 0.327 e. The molecule has 0 saturated heterocycles. The van der Waals surface area contributed by atoms with Crippen LogP contribution in [0.5, 0.6) is 0 Å². The van der Waals surface area contributed by atoms with E-state index in [9.17, 15) is 13.2 Å². The summed E-state index contributed by atoms with van der Waals surface area (Å²) in [6.07, 6.45) is -3.30. The Morgan fingerprint density at radius 1 is 1.18 bits per heavy atom. The highest BCUT2D eigenvalue weighted by atomic mass is 19.4. The molecule has 0 aliphatic rings. The second kappa shape index (κ2) is 5.54. The molecule has 17 heavy (non-hydrogen) atoms. The lowest BCUT2D eigenvalue weighted by molar-refractivity contribution is -0.138. The van der Waals surface area contributed by atoms with Gasteiger partial charge in [-0.2, -0.15) is 13.2 Å². The van der Waals surface area contributed by atoms with Crippen molar-refractivity contribution in [1.29, 1.82) is 0 Å². The van der Waals surface area contributed by atoms with Gasteiger partial charge in [0.05, 0.1) is 5.56 Å². The fourth-order valence-corrected chi connectivity index (χ4v) is 1.95. The van der Waals surface area contributed by atoms with Crippen molar-refractivity contribution in [1.82, 2.24) is 0 Å². The molecule has 0 amide bonds. The first-order valence-corrected chi connectivity index (χ1v) is 5.71. The molecule has 1 nitrogen and oxygen atoms in total. The van der Waals surface area contributed by atoms with Crippen LogP contribution in [0.4, 0.5) is 13.2 Å². The molecule has 1 aromatic rings. The van der Waals surface area contributed by atoms with Crippen LogP contribution in [-0.2, 0) is 12.6 Å². The van der Waals surface area contributed by atoms with Gasteiger partial charge in [0.2, 0.25) is 0 Å². The highest BCUT2D eigenvalue weighted by Crippen LogP contribution is 2.32. The van der Waals surface area contributed by atoms with Gasteiger partial charge in [-0.15, -0.1) is 0 Å². The molecule has 0 aliphatic carbocycles. The van der Waals surface area contributed by atoms with Gasteiger partial charge in [0.1, 0.15) is 0 Å². The van der Waals surface area contributed by atoms with Crippen LogP contribution in [0.3, 0.4) is 0 Å². The molecule has 1 rings (SSSR count). The second-order valence-corrected chi connectivity index (χ2v) is 4.75. The first-order valence-electron chi connectivity index (χ1n) is 5.71. The van der Waals surface area contributed by atoms with Crippen LogP contribution in [0.1, 0.15) is 31.4 Å². The molecule has 1 atom stereocenters. The van der Waals surface area contributed by atoms with Crippen molar-refractivity contribution in [2.24, 2.45) is 11.7 Å². The highest BCUT2D eigenvalue weighted by Gasteiger charge is 2.33. The summed E-state index contributed by atoms with van der Waals surface area (Å²) in [5, 5.41) is 0. The predicted molar refractivity (Wildman–Crippen MR) is 62.6 cm³/mol. The van der Waals surface area contributed by atoms with Crippen molar-refractivity contribution < 1.29 is 13.2 Å². The van der Waals surface area contributed by atoms with Crippen LogP contribution < -0.4 is 5.73 Å². The van der Waals surface area contributed by atoms with Crippen LogP contribution in [0.15, 0.2) is 24.3 Å². The Morgan fingerprint density at radius 3 is 2.29 bits per heavy atom. The molecule has 0 heterocycles. The van der Waals surface area contributed by atoms with Crippen molar-refractivity contribution in [3.63, 3.8) is 0 Å². The zero-order chi connectivity index (χ0) is 13.1. The number of alkyl halides is 3. The van der Waals surface area contributed by atoms with E-state index in [2.05, 4.69) is 0 Å². The molecule has 0 spiro atoms. The van der Waals surface area contributed by atoms with Gasteiger partial charge in [-0.25, -0.2) is 0 Å². The van der Waals surface area contributed by atoms with E-state index in [-0.39, 0.29) is 18.0 Å². The van der Waals surface area contributed by atoms with E-state index < -0.39 is 11.7 Å². The number of hydrogen-bond donors (Lipinski definition) is 1. The van der Waals surface area contributed by atoms with E-state index in [1.807, 2.05) is 13.8 Å². The third kappa shape index (κ3) is 4.38. The van der Waals surface area contributed by atoms with Crippen molar-refractivity contribution in [3.8, 4) is 0 Å². The van der Waals surface area contributed by atoms with E-state index in [1.165, 1.54) is 12.1 Å². The third-order valence-corrected chi connectivity index (χ3v) is 2.58. The summed E-state index contributed by atoms with van der Waals surface area (Å²) in [5.41, 5.74) is 5.57. The molecular formula is C13H18F3N. The fraction of sp³-hybridized carbons (Fsp3) is 0.538. The zero-order valence-corrected chi connectivity index (χ0v) is 10.1. The Morgan fingerprint density at radius 2 is 1.76 bits per heavy atom. The summed E-state index contributed by atoms with van der Waals surface area (Å²) in [4.78, 5) is 0. The lowest BCUT2D eigenvalue weighted by atomic mass is 9.95. The molecule has 0 saturated carbocycles. The van der Waals surface area contributed by atoms with Gasteiger partial charge >= 0.3 is 6.18 Å². The Labute approximate surface area is 99.8 Å². The lowest BCUT2D eigenvalue weighted by Crippen LogP contribution is -2.26. The average molecular weight is 245 g/mol. The van der Waals surface area contributed by atoms with Gasteiger partial charge in [-0.05, 0) is 30.4 Å². The Balaban J connectivity index is 2.84. The number of nitrogens with two attached hydrogens (primary N) is 1. The summed E-state index contributed by atoms with van der Waals surface area (Å²) in [6.45, 7) is 4.02. The lowest BCUT2D eigenvalue weighted by Gasteiger charge is -2.17. The van der Waals surface area contributed by atoms with Gasteiger partial charge in [-0.3, -0.25) is 0 Å². The second-order valence-electron chi connectivity index (χ2n) is 4.75. The molecule has 0 aliphatic heterocycles. The zero-order valence-electron chi connectivity index (χ0n) is 10.1. The minimum absolute atomic E-state index is 0.224.